The molecule has 1 N–H and O–H groups in total. The predicted molar refractivity (Wildman–Crippen MR) is 74.0 cm³/mol. The number of aromatic nitrogens is 3. The van der Waals surface area contributed by atoms with E-state index in [4.69, 9.17) is 16.0 Å². The van der Waals surface area contributed by atoms with Crippen molar-refractivity contribution in [3.8, 4) is 11.6 Å². The molecule has 0 aliphatic heterocycles. The zero-order chi connectivity index (χ0) is 13.5. The van der Waals surface area contributed by atoms with E-state index in [9.17, 15) is 0 Å². The third-order valence-electron chi connectivity index (χ3n) is 2.58. The number of nitrogens with one attached hydrogen (secondary N) is 1. The maximum absolute atomic E-state index is 5.78. The fourth-order valence-electron chi connectivity index (χ4n) is 1.63. The number of rotatable bonds is 7. The second-order valence-corrected chi connectivity index (χ2v) is 4.65. The molecule has 0 amide bonds. The number of pyridine rings is 1. The summed E-state index contributed by atoms with van der Waals surface area (Å²) in [5.41, 5.74) is 0.646. The Hall–Kier alpha value is -1.46. The quantitative estimate of drug-likeness (QED) is 0.790. The average molecular weight is 281 g/mol. The standard InChI is InChI=1S/C13H17ClN4O/c1-2-7-15-8-3-4-12-17-18-13(19-12)11-6-5-10(14)9-16-11/h5-6,9,15H,2-4,7-8H2,1H3. The first-order chi connectivity index (χ1) is 9.29. The second kappa shape index (κ2) is 7.21. The van der Waals surface area contributed by atoms with E-state index >= 15 is 0 Å². The van der Waals surface area contributed by atoms with E-state index < -0.39 is 0 Å². The molecule has 0 bridgehead atoms. The fraction of sp³-hybridized carbons (Fsp3) is 0.462. The monoisotopic (exact) mass is 280 g/mol. The Bertz CT molecular complexity index is 498. The molecule has 0 saturated heterocycles. The first kappa shape index (κ1) is 14.0. The molecule has 6 heteroatoms. The van der Waals surface area contributed by atoms with Gasteiger partial charge in [-0.25, -0.2) is 4.98 Å². The molecular formula is C13H17ClN4O. The summed E-state index contributed by atoms with van der Waals surface area (Å²) in [4.78, 5) is 4.14. The van der Waals surface area contributed by atoms with Crippen LogP contribution >= 0.6 is 11.6 Å². The molecule has 0 atom stereocenters. The van der Waals surface area contributed by atoms with E-state index in [1.165, 1.54) is 0 Å². The Kier molecular flexibility index (Phi) is 5.30. The zero-order valence-electron chi connectivity index (χ0n) is 10.9. The van der Waals surface area contributed by atoms with E-state index in [0.29, 0.717) is 22.5 Å². The van der Waals surface area contributed by atoms with E-state index in [-0.39, 0.29) is 0 Å². The molecule has 102 valence electrons. The largest absolute Gasteiger partial charge is 0.419 e. The summed E-state index contributed by atoms with van der Waals surface area (Å²) in [6.07, 6.45) is 4.47. The number of hydrogen-bond donors (Lipinski definition) is 1. The van der Waals surface area contributed by atoms with Gasteiger partial charge in [0.25, 0.3) is 5.89 Å². The average Bonchev–Trinajstić information content (AvgIpc) is 2.88. The van der Waals surface area contributed by atoms with Gasteiger partial charge in [0.15, 0.2) is 0 Å². The number of aryl methyl sites for hydroxylation is 1. The molecule has 0 saturated carbocycles. The highest BCUT2D eigenvalue weighted by Gasteiger charge is 2.09. The lowest BCUT2D eigenvalue weighted by molar-refractivity contribution is 0.490. The topological polar surface area (TPSA) is 63.8 Å². The highest BCUT2D eigenvalue weighted by atomic mass is 35.5. The maximum atomic E-state index is 5.78. The van der Waals surface area contributed by atoms with E-state index in [1.54, 1.807) is 18.3 Å². The molecule has 0 spiro atoms. The van der Waals surface area contributed by atoms with Crippen LogP contribution in [0.3, 0.4) is 0 Å². The smallest absolute Gasteiger partial charge is 0.266 e. The highest BCUT2D eigenvalue weighted by Crippen LogP contribution is 2.17. The van der Waals surface area contributed by atoms with Crippen LogP contribution < -0.4 is 5.32 Å². The van der Waals surface area contributed by atoms with Crippen molar-refractivity contribution < 1.29 is 4.42 Å². The first-order valence-corrected chi connectivity index (χ1v) is 6.82. The van der Waals surface area contributed by atoms with E-state index in [0.717, 1.165) is 32.4 Å². The van der Waals surface area contributed by atoms with Gasteiger partial charge in [0.2, 0.25) is 5.89 Å². The molecule has 0 fully saturated rings. The summed E-state index contributed by atoms with van der Waals surface area (Å²) in [6, 6.07) is 3.52. The van der Waals surface area contributed by atoms with Crippen LogP contribution in [0.1, 0.15) is 25.7 Å². The van der Waals surface area contributed by atoms with Crippen LogP contribution in [0.5, 0.6) is 0 Å². The Morgan fingerprint density at radius 3 is 2.89 bits per heavy atom. The lowest BCUT2D eigenvalue weighted by atomic mass is 10.3. The van der Waals surface area contributed by atoms with Gasteiger partial charge >= 0.3 is 0 Å². The van der Waals surface area contributed by atoms with Gasteiger partial charge in [0.1, 0.15) is 5.69 Å². The maximum Gasteiger partial charge on any atom is 0.266 e. The SMILES string of the molecule is CCCNCCCc1nnc(-c2ccc(Cl)cn2)o1. The third-order valence-corrected chi connectivity index (χ3v) is 2.81. The Labute approximate surface area is 117 Å². The summed E-state index contributed by atoms with van der Waals surface area (Å²) in [5, 5.41) is 11.9. The van der Waals surface area contributed by atoms with Crippen molar-refractivity contribution in [2.75, 3.05) is 13.1 Å². The molecule has 2 heterocycles. The number of halogens is 1. The zero-order valence-corrected chi connectivity index (χ0v) is 11.7. The molecule has 2 aromatic heterocycles. The molecule has 0 aromatic carbocycles. The van der Waals surface area contributed by atoms with Crippen molar-refractivity contribution in [1.82, 2.24) is 20.5 Å². The van der Waals surface area contributed by atoms with Gasteiger partial charge in [-0.1, -0.05) is 18.5 Å². The van der Waals surface area contributed by atoms with Crippen LogP contribution in [0, 0.1) is 0 Å². The molecule has 2 rings (SSSR count). The van der Waals surface area contributed by atoms with Crippen molar-refractivity contribution in [2.45, 2.75) is 26.2 Å². The summed E-state index contributed by atoms with van der Waals surface area (Å²) in [5.74, 6) is 1.08. The lowest BCUT2D eigenvalue weighted by Gasteiger charge is -1.99. The van der Waals surface area contributed by atoms with Gasteiger partial charge in [0, 0.05) is 12.6 Å². The van der Waals surface area contributed by atoms with Crippen molar-refractivity contribution in [1.29, 1.82) is 0 Å². The Morgan fingerprint density at radius 1 is 1.26 bits per heavy atom. The summed E-state index contributed by atoms with van der Waals surface area (Å²) < 4.78 is 5.56. The normalized spacial score (nSPS) is 10.8. The molecule has 0 aliphatic carbocycles. The molecule has 19 heavy (non-hydrogen) atoms. The lowest BCUT2D eigenvalue weighted by Crippen LogP contribution is -2.16. The van der Waals surface area contributed by atoms with Crippen molar-refractivity contribution in [2.24, 2.45) is 0 Å². The van der Waals surface area contributed by atoms with Gasteiger partial charge in [-0.2, -0.15) is 0 Å². The summed E-state index contributed by atoms with van der Waals surface area (Å²) in [7, 11) is 0. The molecule has 2 aromatic rings. The van der Waals surface area contributed by atoms with Crippen LogP contribution in [0.4, 0.5) is 0 Å². The highest BCUT2D eigenvalue weighted by molar-refractivity contribution is 6.30. The minimum absolute atomic E-state index is 0.438. The minimum atomic E-state index is 0.438. The molecule has 0 radical (unpaired) electrons. The van der Waals surface area contributed by atoms with Gasteiger partial charge in [-0.3, -0.25) is 0 Å². The van der Waals surface area contributed by atoms with Crippen LogP contribution in [-0.2, 0) is 6.42 Å². The number of hydrogen-bond acceptors (Lipinski definition) is 5. The van der Waals surface area contributed by atoms with Crippen LogP contribution in [-0.4, -0.2) is 28.3 Å². The summed E-state index contributed by atoms with van der Waals surface area (Å²) in [6.45, 7) is 4.16. The van der Waals surface area contributed by atoms with Gasteiger partial charge in [-0.05, 0) is 38.1 Å². The van der Waals surface area contributed by atoms with Gasteiger partial charge < -0.3 is 9.73 Å². The van der Waals surface area contributed by atoms with Crippen molar-refractivity contribution >= 4 is 11.6 Å². The van der Waals surface area contributed by atoms with Crippen LogP contribution in [0.15, 0.2) is 22.7 Å². The molecule has 0 unspecified atom stereocenters. The Morgan fingerprint density at radius 2 is 2.16 bits per heavy atom. The molecule has 0 aliphatic rings. The number of nitrogens with zero attached hydrogens (tertiary/aromatic N) is 3. The first-order valence-electron chi connectivity index (χ1n) is 6.44. The third kappa shape index (κ3) is 4.29. The van der Waals surface area contributed by atoms with Crippen molar-refractivity contribution in [3.05, 3.63) is 29.2 Å². The van der Waals surface area contributed by atoms with Crippen LogP contribution in [0.25, 0.3) is 11.6 Å². The van der Waals surface area contributed by atoms with Gasteiger partial charge in [0.05, 0.1) is 5.02 Å². The fourth-order valence-corrected chi connectivity index (χ4v) is 1.74. The van der Waals surface area contributed by atoms with E-state index in [2.05, 4.69) is 27.4 Å². The summed E-state index contributed by atoms with van der Waals surface area (Å²) >= 11 is 5.78. The molecular weight excluding hydrogens is 264 g/mol. The predicted octanol–water partition coefficient (Wildman–Crippen LogP) is 2.72. The van der Waals surface area contributed by atoms with Gasteiger partial charge in [-0.15, -0.1) is 10.2 Å². The molecule has 5 nitrogen and oxygen atoms in total. The van der Waals surface area contributed by atoms with Crippen molar-refractivity contribution in [3.63, 3.8) is 0 Å². The van der Waals surface area contributed by atoms with Crippen LogP contribution in [0.2, 0.25) is 5.02 Å². The minimum Gasteiger partial charge on any atom is -0.419 e. The Balaban J connectivity index is 1.86. The van der Waals surface area contributed by atoms with E-state index in [1.807, 2.05) is 0 Å². The second-order valence-electron chi connectivity index (χ2n) is 4.22.